The van der Waals surface area contributed by atoms with Gasteiger partial charge in [0.05, 0.1) is 26.8 Å². The molecular weight excluding hydrogens is 675 g/mol. The first-order chi connectivity index (χ1) is 22.6. The summed E-state index contributed by atoms with van der Waals surface area (Å²) in [4.78, 5) is 36.5. The molecule has 0 aliphatic carbocycles. The molecule has 3 rings (SSSR count). The number of carbonyl (C=O) groups is 3. The second kappa shape index (κ2) is 17.4. The lowest BCUT2D eigenvalue weighted by Crippen LogP contribution is -2.29. The summed E-state index contributed by atoms with van der Waals surface area (Å²) in [6.45, 7) is 9.62. The number of rotatable bonds is 14. The molecule has 0 saturated carbocycles. The number of nitrogens with two attached hydrogens (primary N) is 1. The van der Waals surface area contributed by atoms with E-state index >= 15 is 0 Å². The molecule has 1 heterocycles. The van der Waals surface area contributed by atoms with E-state index in [1.165, 1.54) is 41.4 Å². The van der Waals surface area contributed by atoms with Crippen LogP contribution in [0.25, 0.3) is 11.1 Å². The number of ether oxygens (including phenoxy) is 2. The van der Waals surface area contributed by atoms with Crippen LogP contribution in [0.5, 0.6) is 0 Å². The molecule has 0 unspecified atom stereocenters. The summed E-state index contributed by atoms with van der Waals surface area (Å²) < 4.78 is 38.3. The van der Waals surface area contributed by atoms with Gasteiger partial charge in [0.15, 0.2) is 0 Å². The topological polar surface area (TPSA) is 178 Å². The number of thioether (sulfide) groups is 1. The first-order valence-corrected chi connectivity index (χ1v) is 18.8. The summed E-state index contributed by atoms with van der Waals surface area (Å²) in [5, 5.41) is 9.49. The third-order valence-electron chi connectivity index (χ3n) is 6.61. The van der Waals surface area contributed by atoms with Crippen molar-refractivity contribution in [2.24, 2.45) is 5.10 Å². The van der Waals surface area contributed by atoms with Crippen LogP contribution in [0.3, 0.4) is 0 Å². The minimum absolute atomic E-state index is 0.0890. The molecule has 1 aromatic heterocycles. The average molecular weight is 718 g/mol. The van der Waals surface area contributed by atoms with Crippen LogP contribution in [-0.4, -0.2) is 57.7 Å². The maximum absolute atomic E-state index is 13.8. The van der Waals surface area contributed by atoms with Gasteiger partial charge < -0.3 is 25.8 Å². The number of hydrogen-bond donors (Lipinski definition) is 4. The van der Waals surface area contributed by atoms with E-state index in [2.05, 4.69) is 21.2 Å². The van der Waals surface area contributed by atoms with Gasteiger partial charge in [-0.05, 0) is 95.2 Å². The van der Waals surface area contributed by atoms with Crippen molar-refractivity contribution in [2.75, 3.05) is 30.5 Å². The molecule has 0 radical (unpaired) electrons. The summed E-state index contributed by atoms with van der Waals surface area (Å²) in [6, 6.07) is 11.1. The van der Waals surface area contributed by atoms with Gasteiger partial charge in [-0.3, -0.25) is 4.79 Å². The van der Waals surface area contributed by atoms with E-state index in [1.807, 2.05) is 6.92 Å². The molecule has 0 atom stereocenters. The van der Waals surface area contributed by atoms with E-state index in [-0.39, 0.29) is 21.8 Å². The summed E-state index contributed by atoms with van der Waals surface area (Å²) >= 11 is 2.53. The van der Waals surface area contributed by atoms with Gasteiger partial charge in [0.2, 0.25) is 9.84 Å². The van der Waals surface area contributed by atoms with Crippen molar-refractivity contribution in [3.63, 3.8) is 0 Å². The number of sulfone groups is 1. The normalized spacial score (nSPS) is 11.7. The van der Waals surface area contributed by atoms with Crippen LogP contribution in [0.1, 0.15) is 63.8 Å². The molecule has 0 saturated heterocycles. The molecular formula is C33H43N5O7S3. The van der Waals surface area contributed by atoms with Gasteiger partial charge in [0, 0.05) is 34.8 Å². The third kappa shape index (κ3) is 11.3. The first-order valence-electron chi connectivity index (χ1n) is 15.3. The lowest BCUT2D eigenvalue weighted by Gasteiger charge is -2.18. The predicted octanol–water partition coefficient (Wildman–Crippen LogP) is 6.96. The monoisotopic (exact) mass is 717 g/mol. The second-order valence-corrected chi connectivity index (χ2v) is 15.7. The van der Waals surface area contributed by atoms with Crippen LogP contribution >= 0.6 is 23.1 Å². The number of amides is 3. The van der Waals surface area contributed by atoms with Crippen LogP contribution in [0.15, 0.2) is 61.6 Å². The highest BCUT2D eigenvalue weighted by molar-refractivity contribution is 8.01. The molecule has 2 aromatic carbocycles. The molecule has 3 aromatic rings. The number of nitrogens with one attached hydrogen (secondary N) is 3. The maximum Gasteiger partial charge on any atom is 0.428 e. The number of nitrogen functional groups attached to an aromatic ring is 1. The van der Waals surface area contributed by atoms with Gasteiger partial charge in [-0.2, -0.15) is 5.10 Å². The van der Waals surface area contributed by atoms with Gasteiger partial charge in [-0.25, -0.2) is 23.4 Å². The molecule has 0 aliphatic rings. The smallest absolute Gasteiger partial charge is 0.428 e. The molecule has 0 spiro atoms. The minimum atomic E-state index is -3.94. The van der Waals surface area contributed by atoms with E-state index in [9.17, 15) is 22.8 Å². The van der Waals surface area contributed by atoms with Crippen LogP contribution in [0.2, 0.25) is 0 Å². The number of thiophene rings is 1. The third-order valence-corrected chi connectivity index (χ3v) is 10.9. The number of esters is 1. The molecule has 0 bridgehead atoms. The molecule has 5 N–H and O–H groups in total. The summed E-state index contributed by atoms with van der Waals surface area (Å²) in [6.07, 6.45) is 4.99. The van der Waals surface area contributed by atoms with Crippen molar-refractivity contribution in [3.05, 3.63) is 52.9 Å². The fourth-order valence-electron chi connectivity index (χ4n) is 4.63. The van der Waals surface area contributed by atoms with E-state index in [1.54, 1.807) is 64.3 Å². The summed E-state index contributed by atoms with van der Waals surface area (Å²) in [5.74, 6) is -0.215. The zero-order chi connectivity index (χ0) is 35.5. The SMILES string of the molecule is CCOC(=O)CCCCCNC(=O)Nc1cc(C)c(-c2cccc(S(=O)(=O)c3cc(C=NNC(=O)OC(C)(C)C)sc3SC)c2)c(N)c1. The van der Waals surface area contributed by atoms with E-state index in [0.29, 0.717) is 57.6 Å². The number of aryl methyl sites for hydroxylation is 1. The Morgan fingerprint density at radius 3 is 2.50 bits per heavy atom. The zero-order valence-electron chi connectivity index (χ0n) is 28.0. The van der Waals surface area contributed by atoms with Crippen LogP contribution in [0, 0.1) is 6.92 Å². The van der Waals surface area contributed by atoms with Gasteiger partial charge in [-0.15, -0.1) is 23.1 Å². The number of carbonyl (C=O) groups excluding carboxylic acids is 3. The lowest BCUT2D eigenvalue weighted by atomic mass is 9.98. The standard InChI is InChI=1S/C33H43N5O7S3/c1-7-44-28(39)14-9-8-10-15-35-31(40)37-23-16-21(2)29(26(34)18-23)22-12-11-13-25(17-22)48(42,43)27-19-24(47-30(27)46-6)20-36-38-32(41)45-33(3,4)5/h11-13,16-20H,7-10,14-15,34H2,1-6H3,(H,38,41)(H2,35,37,40). The van der Waals surface area contributed by atoms with Crippen LogP contribution < -0.4 is 21.8 Å². The Morgan fingerprint density at radius 1 is 1.08 bits per heavy atom. The largest absolute Gasteiger partial charge is 0.466 e. The highest BCUT2D eigenvalue weighted by atomic mass is 32.2. The fourth-order valence-corrected chi connectivity index (χ4v) is 8.57. The fraction of sp³-hybridized carbons (Fsp3) is 0.394. The molecule has 0 fully saturated rings. The number of hydrogen-bond acceptors (Lipinski definition) is 11. The summed E-state index contributed by atoms with van der Waals surface area (Å²) in [7, 11) is -3.94. The molecule has 48 heavy (non-hydrogen) atoms. The number of urea groups is 1. The van der Waals surface area contributed by atoms with E-state index in [4.69, 9.17) is 15.2 Å². The lowest BCUT2D eigenvalue weighted by molar-refractivity contribution is -0.143. The van der Waals surface area contributed by atoms with Crippen molar-refractivity contribution < 1.29 is 32.3 Å². The second-order valence-electron chi connectivity index (χ2n) is 11.7. The Hall–Kier alpha value is -4.08. The predicted molar refractivity (Wildman–Crippen MR) is 192 cm³/mol. The Balaban J connectivity index is 1.71. The van der Waals surface area contributed by atoms with Gasteiger partial charge >= 0.3 is 18.1 Å². The number of anilines is 2. The Kier molecular flexibility index (Phi) is 13.9. The van der Waals surface area contributed by atoms with Gasteiger partial charge in [-0.1, -0.05) is 18.6 Å². The van der Waals surface area contributed by atoms with Crippen LogP contribution in [0.4, 0.5) is 21.0 Å². The number of nitrogens with zero attached hydrogens (tertiary/aromatic N) is 1. The van der Waals surface area contributed by atoms with Crippen molar-refractivity contribution in [3.8, 4) is 11.1 Å². The van der Waals surface area contributed by atoms with Gasteiger partial charge in [0.25, 0.3) is 0 Å². The van der Waals surface area contributed by atoms with Crippen molar-refractivity contribution in [1.82, 2.24) is 10.7 Å². The molecule has 0 aliphatic heterocycles. The highest BCUT2D eigenvalue weighted by Gasteiger charge is 2.25. The van der Waals surface area contributed by atoms with Crippen molar-refractivity contribution in [1.29, 1.82) is 0 Å². The van der Waals surface area contributed by atoms with Crippen molar-refractivity contribution in [2.45, 2.75) is 79.9 Å². The van der Waals surface area contributed by atoms with E-state index in [0.717, 1.165) is 18.4 Å². The Labute approximate surface area is 290 Å². The van der Waals surface area contributed by atoms with E-state index < -0.39 is 21.5 Å². The average Bonchev–Trinajstić information content (AvgIpc) is 3.42. The number of hydrazone groups is 1. The first kappa shape index (κ1) is 38.4. The molecule has 3 amide bonds. The highest BCUT2D eigenvalue weighted by Crippen LogP contribution is 2.38. The molecule has 12 nitrogen and oxygen atoms in total. The van der Waals surface area contributed by atoms with Crippen molar-refractivity contribution >= 4 is 68.6 Å². The zero-order valence-corrected chi connectivity index (χ0v) is 30.4. The molecule has 260 valence electrons. The Bertz CT molecular complexity index is 1720. The van der Waals surface area contributed by atoms with Gasteiger partial charge in [0.1, 0.15) is 5.60 Å². The van der Waals surface area contributed by atoms with Crippen LogP contribution in [-0.2, 0) is 24.1 Å². The maximum atomic E-state index is 13.8. The number of unbranched alkanes of at least 4 members (excludes halogenated alkanes) is 2. The Morgan fingerprint density at radius 2 is 1.83 bits per heavy atom. The summed E-state index contributed by atoms with van der Waals surface area (Å²) in [5.41, 5.74) is 10.9. The number of benzene rings is 2. The molecule has 15 heteroatoms. The minimum Gasteiger partial charge on any atom is -0.466 e. The quantitative estimate of drug-likeness (QED) is 0.0343.